The van der Waals surface area contributed by atoms with Crippen molar-refractivity contribution in [3.8, 4) is 11.5 Å². The fraction of sp³-hybridized carbons (Fsp3) is 0.611. The molecule has 1 aromatic rings. The quantitative estimate of drug-likeness (QED) is 0.732. The fourth-order valence-electron chi connectivity index (χ4n) is 2.82. The van der Waals surface area contributed by atoms with Gasteiger partial charge in [-0.1, -0.05) is 6.07 Å². The summed E-state index contributed by atoms with van der Waals surface area (Å²) in [5.41, 5.74) is 1.14. The molecule has 2 rings (SSSR count). The minimum Gasteiger partial charge on any atom is -0.490 e. The summed E-state index contributed by atoms with van der Waals surface area (Å²) in [4.78, 5) is 11.9. The Kier molecular flexibility index (Phi) is 7.20. The molecule has 0 aromatic heterocycles. The van der Waals surface area contributed by atoms with Gasteiger partial charge >= 0.3 is 0 Å². The van der Waals surface area contributed by atoms with E-state index in [1.165, 1.54) is 0 Å². The first kappa shape index (κ1) is 17.6. The Morgan fingerprint density at radius 3 is 2.74 bits per heavy atom. The van der Waals surface area contributed by atoms with Gasteiger partial charge in [0.25, 0.3) is 0 Å². The molecule has 5 nitrogen and oxygen atoms in total. The second-order valence-electron chi connectivity index (χ2n) is 5.81. The molecule has 1 unspecified atom stereocenters. The van der Waals surface area contributed by atoms with E-state index in [4.69, 9.17) is 9.47 Å². The Labute approximate surface area is 138 Å². The summed E-state index contributed by atoms with van der Waals surface area (Å²) in [5, 5.41) is 6.30. The number of hydrogen-bond acceptors (Lipinski definition) is 4. The van der Waals surface area contributed by atoms with Crippen LogP contribution in [0, 0.1) is 5.92 Å². The summed E-state index contributed by atoms with van der Waals surface area (Å²) >= 11 is 0. The largest absolute Gasteiger partial charge is 0.490 e. The molecule has 1 aromatic carbocycles. The lowest BCUT2D eigenvalue weighted by Crippen LogP contribution is -2.28. The average Bonchev–Trinajstić information content (AvgIpc) is 3.03. The summed E-state index contributed by atoms with van der Waals surface area (Å²) in [6, 6.07) is 5.97. The summed E-state index contributed by atoms with van der Waals surface area (Å²) in [6.07, 6.45) is 2.52. The molecule has 0 spiro atoms. The second kappa shape index (κ2) is 9.40. The van der Waals surface area contributed by atoms with Crippen LogP contribution in [0.25, 0.3) is 0 Å². The minimum absolute atomic E-state index is 0.148. The Bertz CT molecular complexity index is 499. The van der Waals surface area contributed by atoms with E-state index in [2.05, 4.69) is 10.6 Å². The predicted molar refractivity (Wildman–Crippen MR) is 91.1 cm³/mol. The Morgan fingerprint density at radius 1 is 1.26 bits per heavy atom. The van der Waals surface area contributed by atoms with E-state index in [9.17, 15) is 4.79 Å². The highest BCUT2D eigenvalue weighted by molar-refractivity contribution is 5.76. The SMILES string of the molecule is CCOc1ccc(CCNC(=O)CC2CCNC2)cc1OCC. The Hall–Kier alpha value is -1.75. The van der Waals surface area contributed by atoms with Gasteiger partial charge < -0.3 is 20.1 Å². The summed E-state index contributed by atoms with van der Waals surface area (Å²) < 4.78 is 11.2. The zero-order valence-electron chi connectivity index (χ0n) is 14.2. The first-order chi connectivity index (χ1) is 11.2. The zero-order valence-corrected chi connectivity index (χ0v) is 14.2. The van der Waals surface area contributed by atoms with Gasteiger partial charge in [-0.25, -0.2) is 0 Å². The van der Waals surface area contributed by atoms with Gasteiger partial charge in [0.15, 0.2) is 11.5 Å². The second-order valence-corrected chi connectivity index (χ2v) is 5.81. The van der Waals surface area contributed by atoms with E-state index in [-0.39, 0.29) is 5.91 Å². The van der Waals surface area contributed by atoms with Crippen LogP contribution in [0.2, 0.25) is 0 Å². The highest BCUT2D eigenvalue weighted by Crippen LogP contribution is 2.28. The van der Waals surface area contributed by atoms with Crippen LogP contribution in [-0.2, 0) is 11.2 Å². The van der Waals surface area contributed by atoms with E-state index < -0.39 is 0 Å². The van der Waals surface area contributed by atoms with Crippen LogP contribution >= 0.6 is 0 Å². The molecule has 23 heavy (non-hydrogen) atoms. The molecule has 2 N–H and O–H groups in total. The van der Waals surface area contributed by atoms with Crippen molar-refractivity contribution in [2.24, 2.45) is 5.92 Å². The number of carbonyl (C=O) groups is 1. The Morgan fingerprint density at radius 2 is 2.04 bits per heavy atom. The maximum absolute atomic E-state index is 11.9. The van der Waals surface area contributed by atoms with Crippen molar-refractivity contribution in [2.45, 2.75) is 33.1 Å². The molecular formula is C18H28N2O3. The lowest BCUT2D eigenvalue weighted by atomic mass is 10.0. The molecule has 1 saturated heterocycles. The molecule has 1 amide bonds. The third-order valence-electron chi connectivity index (χ3n) is 3.98. The molecule has 0 aliphatic carbocycles. The van der Waals surface area contributed by atoms with Crippen LogP contribution in [0.15, 0.2) is 18.2 Å². The number of hydrogen-bond donors (Lipinski definition) is 2. The van der Waals surface area contributed by atoms with E-state index in [1.807, 2.05) is 32.0 Å². The molecule has 1 fully saturated rings. The van der Waals surface area contributed by atoms with Gasteiger partial charge in [0, 0.05) is 13.0 Å². The third kappa shape index (κ3) is 5.75. The van der Waals surface area contributed by atoms with E-state index >= 15 is 0 Å². The van der Waals surface area contributed by atoms with Crippen LogP contribution in [-0.4, -0.2) is 38.8 Å². The molecule has 0 saturated carbocycles. The Balaban J connectivity index is 1.80. The molecule has 1 heterocycles. The van der Waals surface area contributed by atoms with Crippen LogP contribution in [0.5, 0.6) is 11.5 Å². The van der Waals surface area contributed by atoms with Crippen molar-refractivity contribution in [1.29, 1.82) is 0 Å². The van der Waals surface area contributed by atoms with Crippen molar-refractivity contribution in [3.63, 3.8) is 0 Å². The van der Waals surface area contributed by atoms with Gasteiger partial charge in [0.2, 0.25) is 5.91 Å². The maximum atomic E-state index is 11.9. The standard InChI is InChI=1S/C18H28N2O3/c1-3-22-16-6-5-14(11-17(16)23-4-2)8-10-20-18(21)12-15-7-9-19-13-15/h5-6,11,15,19H,3-4,7-10,12-13H2,1-2H3,(H,20,21). The number of amides is 1. The summed E-state index contributed by atoms with van der Waals surface area (Å²) in [5.74, 6) is 2.19. The highest BCUT2D eigenvalue weighted by Gasteiger charge is 2.17. The first-order valence-corrected chi connectivity index (χ1v) is 8.58. The van der Waals surface area contributed by atoms with Crippen molar-refractivity contribution in [3.05, 3.63) is 23.8 Å². The normalized spacial score (nSPS) is 17.0. The van der Waals surface area contributed by atoms with E-state index in [0.717, 1.165) is 43.0 Å². The van der Waals surface area contributed by atoms with E-state index in [0.29, 0.717) is 32.1 Å². The van der Waals surface area contributed by atoms with Gasteiger partial charge in [-0.2, -0.15) is 0 Å². The fourth-order valence-corrected chi connectivity index (χ4v) is 2.82. The van der Waals surface area contributed by atoms with Gasteiger partial charge in [-0.3, -0.25) is 4.79 Å². The van der Waals surface area contributed by atoms with Gasteiger partial charge in [0.1, 0.15) is 0 Å². The lowest BCUT2D eigenvalue weighted by molar-refractivity contribution is -0.121. The number of ether oxygens (including phenoxy) is 2. The first-order valence-electron chi connectivity index (χ1n) is 8.58. The van der Waals surface area contributed by atoms with Crippen LogP contribution in [0.1, 0.15) is 32.3 Å². The summed E-state index contributed by atoms with van der Waals surface area (Å²) in [6.45, 7) is 7.79. The number of nitrogens with one attached hydrogen (secondary N) is 2. The maximum Gasteiger partial charge on any atom is 0.220 e. The monoisotopic (exact) mass is 320 g/mol. The lowest BCUT2D eigenvalue weighted by Gasteiger charge is -2.13. The molecule has 1 aliphatic rings. The average molecular weight is 320 g/mol. The van der Waals surface area contributed by atoms with Crippen molar-refractivity contribution >= 4 is 5.91 Å². The van der Waals surface area contributed by atoms with Gasteiger partial charge in [0.05, 0.1) is 13.2 Å². The highest BCUT2D eigenvalue weighted by atomic mass is 16.5. The summed E-state index contributed by atoms with van der Waals surface area (Å²) in [7, 11) is 0. The predicted octanol–water partition coefficient (Wildman–Crippen LogP) is 2.14. The topological polar surface area (TPSA) is 59.6 Å². The minimum atomic E-state index is 0.148. The number of carbonyl (C=O) groups excluding carboxylic acids is 1. The van der Waals surface area contributed by atoms with Crippen LogP contribution in [0.4, 0.5) is 0 Å². The van der Waals surface area contributed by atoms with Crippen molar-refractivity contribution in [2.75, 3.05) is 32.8 Å². The number of benzene rings is 1. The molecule has 1 aliphatic heterocycles. The van der Waals surface area contributed by atoms with E-state index in [1.54, 1.807) is 0 Å². The molecule has 0 bridgehead atoms. The molecule has 1 atom stereocenters. The molecule has 0 radical (unpaired) electrons. The zero-order chi connectivity index (χ0) is 16.5. The molecule has 5 heteroatoms. The number of rotatable bonds is 9. The van der Waals surface area contributed by atoms with Crippen LogP contribution < -0.4 is 20.1 Å². The van der Waals surface area contributed by atoms with Gasteiger partial charge in [-0.05, 0) is 63.4 Å². The van der Waals surface area contributed by atoms with Crippen LogP contribution in [0.3, 0.4) is 0 Å². The van der Waals surface area contributed by atoms with Crippen molar-refractivity contribution < 1.29 is 14.3 Å². The molecular weight excluding hydrogens is 292 g/mol. The molecule has 128 valence electrons. The van der Waals surface area contributed by atoms with Gasteiger partial charge in [-0.15, -0.1) is 0 Å². The smallest absolute Gasteiger partial charge is 0.220 e. The third-order valence-corrected chi connectivity index (χ3v) is 3.98. The van der Waals surface area contributed by atoms with Crippen molar-refractivity contribution in [1.82, 2.24) is 10.6 Å².